The molecular formula is C14H20N2O2. The Morgan fingerprint density at radius 2 is 2.06 bits per heavy atom. The number of hydrogen-bond donors (Lipinski definition) is 3. The van der Waals surface area contributed by atoms with E-state index in [1.54, 1.807) is 18.2 Å². The number of piperidine rings is 1. The van der Waals surface area contributed by atoms with Gasteiger partial charge in [0.25, 0.3) is 0 Å². The molecule has 0 saturated carbocycles. The molecule has 1 aromatic carbocycles. The zero-order valence-electron chi connectivity index (χ0n) is 10.9. The van der Waals surface area contributed by atoms with Crippen LogP contribution < -0.4 is 10.6 Å². The number of nitrogens with one attached hydrogen (secondary N) is 2. The van der Waals surface area contributed by atoms with Crippen LogP contribution in [0.2, 0.25) is 0 Å². The molecule has 0 unspecified atom stereocenters. The number of carbonyl (C=O) groups excluding carboxylic acids is 1. The highest BCUT2D eigenvalue weighted by atomic mass is 16.3. The first-order chi connectivity index (χ1) is 8.51. The maximum absolute atomic E-state index is 12.3. The van der Waals surface area contributed by atoms with E-state index in [0.717, 1.165) is 37.2 Å². The Morgan fingerprint density at radius 3 is 2.67 bits per heavy atom. The second-order valence-electron chi connectivity index (χ2n) is 5.26. The molecule has 3 N–H and O–H groups in total. The molecule has 0 aromatic heterocycles. The summed E-state index contributed by atoms with van der Waals surface area (Å²) in [4.78, 5) is 12.3. The lowest BCUT2D eigenvalue weighted by Crippen LogP contribution is -2.42. The molecule has 0 radical (unpaired) electrons. The van der Waals surface area contributed by atoms with E-state index in [1.165, 1.54) is 0 Å². The highest BCUT2D eigenvalue weighted by molar-refractivity contribution is 5.95. The third-order valence-electron chi connectivity index (χ3n) is 3.71. The summed E-state index contributed by atoms with van der Waals surface area (Å²) in [6, 6.07) is 4.99. The fourth-order valence-electron chi connectivity index (χ4n) is 2.27. The molecule has 4 nitrogen and oxygen atoms in total. The van der Waals surface area contributed by atoms with Crippen LogP contribution in [0.1, 0.15) is 25.3 Å². The van der Waals surface area contributed by atoms with Gasteiger partial charge >= 0.3 is 0 Å². The van der Waals surface area contributed by atoms with E-state index in [0.29, 0.717) is 0 Å². The molecule has 2 rings (SSSR count). The molecule has 1 saturated heterocycles. The van der Waals surface area contributed by atoms with E-state index >= 15 is 0 Å². The molecule has 1 fully saturated rings. The number of hydrogen-bond acceptors (Lipinski definition) is 3. The van der Waals surface area contributed by atoms with E-state index < -0.39 is 0 Å². The van der Waals surface area contributed by atoms with Gasteiger partial charge in [0.2, 0.25) is 5.91 Å². The smallest absolute Gasteiger partial charge is 0.230 e. The highest BCUT2D eigenvalue weighted by Gasteiger charge is 2.34. The Labute approximate surface area is 107 Å². The quantitative estimate of drug-likeness (QED) is 0.702. The van der Waals surface area contributed by atoms with Crippen LogP contribution in [0.4, 0.5) is 5.69 Å². The van der Waals surface area contributed by atoms with Crippen LogP contribution in [0.15, 0.2) is 18.2 Å². The van der Waals surface area contributed by atoms with E-state index in [-0.39, 0.29) is 17.1 Å². The van der Waals surface area contributed by atoms with Crippen LogP contribution in [-0.2, 0) is 4.79 Å². The molecule has 98 valence electrons. The van der Waals surface area contributed by atoms with E-state index in [4.69, 9.17) is 0 Å². The predicted octanol–water partition coefficient (Wildman–Crippen LogP) is 2.03. The lowest BCUT2D eigenvalue weighted by Gasteiger charge is -2.32. The molecule has 1 amide bonds. The molecule has 4 heteroatoms. The molecule has 0 aliphatic carbocycles. The van der Waals surface area contributed by atoms with E-state index in [1.807, 2.05) is 13.8 Å². The monoisotopic (exact) mass is 248 g/mol. The lowest BCUT2D eigenvalue weighted by atomic mass is 9.80. The average Bonchev–Trinajstić information content (AvgIpc) is 2.33. The molecule has 0 atom stereocenters. The first-order valence-corrected chi connectivity index (χ1v) is 6.33. The summed E-state index contributed by atoms with van der Waals surface area (Å²) < 4.78 is 0. The summed E-state index contributed by atoms with van der Waals surface area (Å²) in [5, 5.41) is 15.6. The van der Waals surface area contributed by atoms with Gasteiger partial charge in [0.15, 0.2) is 0 Å². The third-order valence-corrected chi connectivity index (χ3v) is 3.71. The molecule has 18 heavy (non-hydrogen) atoms. The van der Waals surface area contributed by atoms with Crippen molar-refractivity contribution in [3.63, 3.8) is 0 Å². The molecule has 1 aliphatic rings. The van der Waals surface area contributed by atoms with Crippen molar-refractivity contribution in [1.29, 1.82) is 0 Å². The van der Waals surface area contributed by atoms with Crippen molar-refractivity contribution in [2.45, 2.75) is 26.7 Å². The highest BCUT2D eigenvalue weighted by Crippen LogP contribution is 2.30. The second-order valence-corrected chi connectivity index (χ2v) is 5.26. The van der Waals surface area contributed by atoms with Gasteiger partial charge in [-0.3, -0.25) is 4.79 Å². The number of amides is 1. The fraction of sp³-hybridized carbons (Fsp3) is 0.500. The van der Waals surface area contributed by atoms with Gasteiger partial charge in [0.1, 0.15) is 5.75 Å². The SMILES string of the molecule is Cc1cc(O)ccc1NC(=O)C1(C)CCNCC1. The first-order valence-electron chi connectivity index (χ1n) is 6.33. The Balaban J connectivity index is 2.11. The Kier molecular flexibility index (Phi) is 3.57. The summed E-state index contributed by atoms with van der Waals surface area (Å²) in [6.07, 6.45) is 1.71. The van der Waals surface area contributed by atoms with Crippen molar-refractivity contribution in [1.82, 2.24) is 5.32 Å². The zero-order chi connectivity index (χ0) is 13.2. The third kappa shape index (κ3) is 2.64. The van der Waals surface area contributed by atoms with Crippen LogP contribution >= 0.6 is 0 Å². The summed E-state index contributed by atoms with van der Waals surface area (Å²) >= 11 is 0. The maximum Gasteiger partial charge on any atom is 0.230 e. The van der Waals surface area contributed by atoms with Gasteiger partial charge in [0.05, 0.1) is 0 Å². The van der Waals surface area contributed by atoms with Gasteiger partial charge < -0.3 is 15.7 Å². The summed E-state index contributed by atoms with van der Waals surface area (Å²) in [7, 11) is 0. The molecule has 0 bridgehead atoms. The largest absolute Gasteiger partial charge is 0.508 e. The van der Waals surface area contributed by atoms with Gasteiger partial charge in [-0.05, 0) is 56.6 Å². The van der Waals surface area contributed by atoms with Crippen LogP contribution in [0.5, 0.6) is 5.75 Å². The number of carbonyl (C=O) groups is 1. The second kappa shape index (κ2) is 4.98. The minimum atomic E-state index is -0.296. The number of aromatic hydroxyl groups is 1. The lowest BCUT2D eigenvalue weighted by molar-refractivity contribution is -0.126. The number of phenolic OH excluding ortho intramolecular Hbond substituents is 1. The summed E-state index contributed by atoms with van der Waals surface area (Å²) in [5.74, 6) is 0.288. The van der Waals surface area contributed by atoms with Crippen molar-refractivity contribution in [2.24, 2.45) is 5.41 Å². The van der Waals surface area contributed by atoms with Crippen LogP contribution in [-0.4, -0.2) is 24.1 Å². The minimum absolute atomic E-state index is 0.0674. The first kappa shape index (κ1) is 12.9. The van der Waals surface area contributed by atoms with Gasteiger partial charge in [-0.15, -0.1) is 0 Å². The Hall–Kier alpha value is -1.55. The number of benzene rings is 1. The summed E-state index contributed by atoms with van der Waals surface area (Å²) in [6.45, 7) is 5.66. The van der Waals surface area contributed by atoms with Crippen LogP contribution in [0.25, 0.3) is 0 Å². The van der Waals surface area contributed by atoms with Crippen molar-refractivity contribution in [3.8, 4) is 5.75 Å². The molecule has 1 heterocycles. The van der Waals surface area contributed by atoms with Crippen molar-refractivity contribution in [2.75, 3.05) is 18.4 Å². The zero-order valence-corrected chi connectivity index (χ0v) is 10.9. The van der Waals surface area contributed by atoms with Crippen LogP contribution in [0, 0.1) is 12.3 Å². The van der Waals surface area contributed by atoms with Crippen molar-refractivity contribution < 1.29 is 9.90 Å². The maximum atomic E-state index is 12.3. The number of rotatable bonds is 2. The Bertz CT molecular complexity index is 451. The van der Waals surface area contributed by atoms with Crippen molar-refractivity contribution >= 4 is 11.6 Å². The number of aryl methyl sites for hydroxylation is 1. The van der Waals surface area contributed by atoms with Crippen molar-refractivity contribution in [3.05, 3.63) is 23.8 Å². The molecule has 0 spiro atoms. The van der Waals surface area contributed by atoms with Crippen LogP contribution in [0.3, 0.4) is 0 Å². The van der Waals surface area contributed by atoms with E-state index in [9.17, 15) is 9.90 Å². The van der Waals surface area contributed by atoms with Gasteiger partial charge in [-0.25, -0.2) is 0 Å². The molecular weight excluding hydrogens is 228 g/mol. The average molecular weight is 248 g/mol. The normalized spacial score (nSPS) is 18.3. The van der Waals surface area contributed by atoms with Gasteiger partial charge in [-0.2, -0.15) is 0 Å². The van der Waals surface area contributed by atoms with Gasteiger partial charge in [-0.1, -0.05) is 6.92 Å². The summed E-state index contributed by atoms with van der Waals surface area (Å²) in [5.41, 5.74) is 1.36. The Morgan fingerprint density at radius 1 is 1.39 bits per heavy atom. The standard InChI is InChI=1S/C14H20N2O2/c1-10-9-11(17)3-4-12(10)16-13(18)14(2)5-7-15-8-6-14/h3-4,9,15,17H,5-8H2,1-2H3,(H,16,18). The molecule has 1 aromatic rings. The topological polar surface area (TPSA) is 61.4 Å². The fourth-order valence-corrected chi connectivity index (χ4v) is 2.27. The number of anilines is 1. The minimum Gasteiger partial charge on any atom is -0.508 e. The predicted molar refractivity (Wildman–Crippen MR) is 71.7 cm³/mol. The van der Waals surface area contributed by atoms with E-state index in [2.05, 4.69) is 10.6 Å². The molecule has 1 aliphatic heterocycles. The van der Waals surface area contributed by atoms with Gasteiger partial charge in [0, 0.05) is 11.1 Å². The number of phenols is 1.